The van der Waals surface area contributed by atoms with Gasteiger partial charge < -0.3 is 9.88 Å². The molecule has 2 aromatic carbocycles. The van der Waals surface area contributed by atoms with Gasteiger partial charge in [-0.15, -0.1) is 0 Å². The molecule has 7 heteroatoms. The first-order chi connectivity index (χ1) is 12.4. The number of rotatable bonds is 4. The molecule has 0 radical (unpaired) electrons. The molecule has 7 nitrogen and oxygen atoms in total. The lowest BCUT2D eigenvalue weighted by atomic mass is 10.1. The van der Waals surface area contributed by atoms with Crippen LogP contribution in [-0.2, 0) is 6.54 Å². The van der Waals surface area contributed by atoms with Crippen molar-refractivity contribution < 1.29 is 9.72 Å². The molecule has 1 amide bonds. The zero-order chi connectivity index (χ0) is 18.8. The van der Waals surface area contributed by atoms with Crippen molar-refractivity contribution in [2.75, 3.05) is 5.32 Å². The molecule has 1 aromatic heterocycles. The van der Waals surface area contributed by atoms with E-state index >= 15 is 0 Å². The van der Waals surface area contributed by atoms with E-state index in [0.29, 0.717) is 11.9 Å². The van der Waals surface area contributed by atoms with Gasteiger partial charge in [0.25, 0.3) is 11.6 Å². The Morgan fingerprint density at radius 1 is 1.23 bits per heavy atom. The average Bonchev–Trinajstić information content (AvgIpc) is 2.62. The number of hydrogen-bond donors (Lipinski definition) is 1. The molecule has 0 aliphatic heterocycles. The summed E-state index contributed by atoms with van der Waals surface area (Å²) in [5.41, 5.74) is 1.44. The lowest BCUT2D eigenvalue weighted by molar-refractivity contribution is -0.384. The summed E-state index contributed by atoms with van der Waals surface area (Å²) in [7, 11) is 0. The van der Waals surface area contributed by atoms with Crippen LogP contribution >= 0.6 is 0 Å². The number of carbonyl (C=O) groups excluding carboxylic acids is 1. The number of aromatic nitrogens is 1. The second-order valence-electron chi connectivity index (χ2n) is 5.94. The first-order valence-corrected chi connectivity index (χ1v) is 8.10. The molecule has 0 saturated carbocycles. The highest BCUT2D eigenvalue weighted by molar-refractivity contribution is 6.05. The van der Waals surface area contributed by atoms with E-state index in [1.54, 1.807) is 6.07 Å². The Labute approximate surface area is 149 Å². The summed E-state index contributed by atoms with van der Waals surface area (Å²) in [6, 6.07) is 11.1. The molecule has 1 N–H and O–H groups in total. The predicted octanol–water partition coefficient (Wildman–Crippen LogP) is 3.49. The molecule has 0 bridgehead atoms. The van der Waals surface area contributed by atoms with Crippen LogP contribution in [0.15, 0.2) is 53.5 Å². The van der Waals surface area contributed by atoms with Crippen molar-refractivity contribution >= 4 is 28.2 Å². The number of pyridine rings is 1. The molecular weight excluding hydrogens is 334 g/mol. The van der Waals surface area contributed by atoms with Crippen LogP contribution in [0, 0.1) is 17.0 Å². The lowest BCUT2D eigenvalue weighted by Gasteiger charge is -2.12. The normalized spacial score (nSPS) is 10.7. The summed E-state index contributed by atoms with van der Waals surface area (Å²) in [6.07, 6.45) is 1.52. The highest BCUT2D eigenvalue weighted by Crippen LogP contribution is 2.18. The van der Waals surface area contributed by atoms with Crippen LogP contribution in [-0.4, -0.2) is 15.4 Å². The second kappa shape index (κ2) is 6.79. The van der Waals surface area contributed by atoms with Crippen molar-refractivity contribution in [3.63, 3.8) is 0 Å². The summed E-state index contributed by atoms with van der Waals surface area (Å²) < 4.78 is 1.83. The van der Waals surface area contributed by atoms with Crippen LogP contribution in [0.25, 0.3) is 10.9 Å². The third-order valence-corrected chi connectivity index (χ3v) is 4.14. The SMILES string of the molecule is CCn1cc(C(=O)Nc2cccc([N+](=O)[O-])c2)c(=O)c2cc(C)ccc21. The molecule has 0 fully saturated rings. The summed E-state index contributed by atoms with van der Waals surface area (Å²) in [4.78, 5) is 35.7. The van der Waals surface area contributed by atoms with Crippen molar-refractivity contribution in [3.05, 3.63) is 80.1 Å². The standard InChI is InChI=1S/C19H17N3O4/c1-3-21-11-16(18(23)15-9-12(2)7-8-17(15)21)19(24)20-13-5-4-6-14(10-13)22(25)26/h4-11H,3H2,1-2H3,(H,20,24). The highest BCUT2D eigenvalue weighted by atomic mass is 16.6. The number of anilines is 1. The maximum absolute atomic E-state index is 12.8. The van der Waals surface area contributed by atoms with Crippen molar-refractivity contribution in [1.82, 2.24) is 4.57 Å². The second-order valence-corrected chi connectivity index (χ2v) is 5.94. The summed E-state index contributed by atoms with van der Waals surface area (Å²) in [5, 5.41) is 13.9. The summed E-state index contributed by atoms with van der Waals surface area (Å²) in [5.74, 6) is -0.596. The van der Waals surface area contributed by atoms with E-state index < -0.39 is 10.8 Å². The van der Waals surface area contributed by atoms with Crippen LogP contribution in [0.2, 0.25) is 0 Å². The molecule has 0 atom stereocenters. The molecule has 3 rings (SSSR count). The third-order valence-electron chi connectivity index (χ3n) is 4.14. The maximum atomic E-state index is 12.8. The first kappa shape index (κ1) is 17.3. The Morgan fingerprint density at radius 2 is 2.00 bits per heavy atom. The van der Waals surface area contributed by atoms with Gasteiger partial charge in [-0.05, 0) is 32.0 Å². The number of hydrogen-bond acceptors (Lipinski definition) is 4. The van der Waals surface area contributed by atoms with Gasteiger partial charge >= 0.3 is 0 Å². The lowest BCUT2D eigenvalue weighted by Crippen LogP contribution is -2.24. The first-order valence-electron chi connectivity index (χ1n) is 8.10. The molecule has 3 aromatic rings. The topological polar surface area (TPSA) is 94.2 Å². The zero-order valence-electron chi connectivity index (χ0n) is 14.4. The summed E-state index contributed by atoms with van der Waals surface area (Å²) in [6.45, 7) is 4.40. The van der Waals surface area contributed by atoms with Gasteiger partial charge in [0.05, 0.1) is 10.4 Å². The minimum absolute atomic E-state index is 0.00328. The summed E-state index contributed by atoms with van der Waals surface area (Å²) >= 11 is 0. The zero-order valence-corrected chi connectivity index (χ0v) is 14.4. The largest absolute Gasteiger partial charge is 0.347 e. The van der Waals surface area contributed by atoms with Crippen LogP contribution in [0.4, 0.5) is 11.4 Å². The number of nitro groups is 1. The van der Waals surface area contributed by atoms with E-state index in [4.69, 9.17) is 0 Å². The van der Waals surface area contributed by atoms with Gasteiger partial charge in [-0.3, -0.25) is 19.7 Å². The number of carbonyl (C=O) groups is 1. The monoisotopic (exact) mass is 351 g/mol. The fourth-order valence-electron chi connectivity index (χ4n) is 2.83. The Hall–Kier alpha value is -3.48. The number of nitrogens with zero attached hydrogens (tertiary/aromatic N) is 2. The number of nitro benzene ring substituents is 1. The molecule has 0 aliphatic rings. The van der Waals surface area contributed by atoms with E-state index in [1.807, 2.05) is 30.5 Å². The maximum Gasteiger partial charge on any atom is 0.271 e. The van der Waals surface area contributed by atoms with Crippen LogP contribution in [0.5, 0.6) is 0 Å². The van der Waals surface area contributed by atoms with Gasteiger partial charge in [0.1, 0.15) is 5.56 Å². The fourth-order valence-corrected chi connectivity index (χ4v) is 2.83. The quantitative estimate of drug-likeness (QED) is 0.575. The highest BCUT2D eigenvalue weighted by Gasteiger charge is 2.16. The Balaban J connectivity index is 2.06. The van der Waals surface area contributed by atoms with Crippen molar-refractivity contribution in [3.8, 4) is 0 Å². The van der Waals surface area contributed by atoms with Gasteiger partial charge in [0, 0.05) is 35.9 Å². The number of amides is 1. The van der Waals surface area contributed by atoms with E-state index in [9.17, 15) is 19.7 Å². The number of fused-ring (bicyclic) bond motifs is 1. The van der Waals surface area contributed by atoms with Crippen LogP contribution in [0.1, 0.15) is 22.8 Å². The van der Waals surface area contributed by atoms with Gasteiger partial charge in [-0.2, -0.15) is 0 Å². The van der Waals surface area contributed by atoms with Gasteiger partial charge in [0.15, 0.2) is 0 Å². The van der Waals surface area contributed by atoms with Crippen molar-refractivity contribution in [2.45, 2.75) is 20.4 Å². The molecule has 1 heterocycles. The minimum atomic E-state index is -0.596. The Morgan fingerprint density at radius 3 is 2.69 bits per heavy atom. The Kier molecular flexibility index (Phi) is 4.53. The van der Waals surface area contributed by atoms with Crippen molar-refractivity contribution in [2.24, 2.45) is 0 Å². The molecule has 26 heavy (non-hydrogen) atoms. The van der Waals surface area contributed by atoms with Gasteiger partial charge in [-0.25, -0.2) is 0 Å². The fraction of sp³-hybridized carbons (Fsp3) is 0.158. The van der Waals surface area contributed by atoms with Crippen molar-refractivity contribution in [1.29, 1.82) is 0 Å². The molecule has 0 saturated heterocycles. The van der Waals surface area contributed by atoms with Gasteiger partial charge in [0.2, 0.25) is 5.43 Å². The molecule has 0 aliphatic carbocycles. The molecule has 0 unspecified atom stereocenters. The predicted molar refractivity (Wildman–Crippen MR) is 99.7 cm³/mol. The number of benzene rings is 2. The van der Waals surface area contributed by atoms with Gasteiger partial charge in [-0.1, -0.05) is 17.7 Å². The average molecular weight is 351 g/mol. The number of aryl methyl sites for hydroxylation is 2. The number of nitrogens with one attached hydrogen (secondary N) is 1. The van der Waals surface area contributed by atoms with Crippen LogP contribution in [0.3, 0.4) is 0 Å². The minimum Gasteiger partial charge on any atom is -0.347 e. The van der Waals surface area contributed by atoms with E-state index in [2.05, 4.69) is 5.32 Å². The smallest absolute Gasteiger partial charge is 0.271 e. The van der Waals surface area contributed by atoms with Crippen LogP contribution < -0.4 is 10.7 Å². The van der Waals surface area contributed by atoms with E-state index in [1.165, 1.54) is 30.5 Å². The van der Waals surface area contributed by atoms with E-state index in [0.717, 1.165) is 11.1 Å². The third kappa shape index (κ3) is 3.19. The number of non-ortho nitro benzene ring substituents is 1. The Bertz CT molecular complexity index is 1090. The molecule has 132 valence electrons. The van der Waals surface area contributed by atoms with E-state index in [-0.39, 0.29) is 22.4 Å². The molecular formula is C19H17N3O4. The molecule has 0 spiro atoms.